The summed E-state index contributed by atoms with van der Waals surface area (Å²) in [5.74, 6) is 0.0412. The second kappa shape index (κ2) is 4.85. The average Bonchev–Trinajstić information content (AvgIpc) is 3.13. The van der Waals surface area contributed by atoms with Crippen LogP contribution >= 0.6 is 0 Å². The Labute approximate surface area is 101 Å². The number of benzene rings is 1. The normalized spacial score (nSPS) is 16.6. The number of nitrogens with two attached hydrogens (primary N) is 1. The number of hydrogen-bond donors (Lipinski definition) is 2. The molecule has 1 saturated carbocycles. The van der Waals surface area contributed by atoms with E-state index in [1.165, 1.54) is 0 Å². The van der Waals surface area contributed by atoms with Gasteiger partial charge in [0.15, 0.2) is 0 Å². The minimum atomic E-state index is -0.300. The third-order valence-corrected chi connectivity index (χ3v) is 3.25. The lowest BCUT2D eigenvalue weighted by Crippen LogP contribution is -2.30. The molecule has 0 bridgehead atoms. The number of methoxy groups -OCH3 is 1. The molecule has 1 aliphatic carbocycles. The molecule has 1 aromatic rings. The van der Waals surface area contributed by atoms with Crippen molar-refractivity contribution in [1.82, 2.24) is 0 Å². The number of anilines is 1. The predicted octanol–water partition coefficient (Wildman–Crippen LogP) is 1.51. The van der Waals surface area contributed by atoms with Crippen molar-refractivity contribution in [3.05, 3.63) is 29.8 Å². The predicted molar refractivity (Wildman–Crippen MR) is 66.5 cm³/mol. The number of carbonyl (C=O) groups is 1. The van der Waals surface area contributed by atoms with Crippen molar-refractivity contribution in [2.45, 2.75) is 19.4 Å². The Kier molecular flexibility index (Phi) is 3.45. The minimum absolute atomic E-state index is 0.0412. The fourth-order valence-electron chi connectivity index (χ4n) is 1.79. The highest BCUT2D eigenvalue weighted by atomic mass is 16.5. The molecule has 0 spiro atoms. The standard InChI is InChI=1S/C13H18N2O2/c1-17-8-10-2-4-11(5-3-10)15-12(16)13(9-14)6-7-13/h2-5H,6-9,14H2,1H3,(H,15,16). The fourth-order valence-corrected chi connectivity index (χ4v) is 1.79. The Bertz CT molecular complexity index is 396. The summed E-state index contributed by atoms with van der Waals surface area (Å²) in [6.45, 7) is 1.02. The van der Waals surface area contributed by atoms with Crippen LogP contribution in [0.1, 0.15) is 18.4 Å². The zero-order valence-corrected chi connectivity index (χ0v) is 10.0. The van der Waals surface area contributed by atoms with Gasteiger partial charge in [-0.15, -0.1) is 0 Å². The number of ether oxygens (including phenoxy) is 1. The molecule has 17 heavy (non-hydrogen) atoms. The Morgan fingerprint density at radius 1 is 1.41 bits per heavy atom. The molecule has 0 aliphatic heterocycles. The van der Waals surface area contributed by atoms with Crippen molar-refractivity contribution >= 4 is 11.6 Å². The van der Waals surface area contributed by atoms with Gasteiger partial charge in [0.2, 0.25) is 5.91 Å². The van der Waals surface area contributed by atoms with Gasteiger partial charge in [0.25, 0.3) is 0 Å². The molecule has 3 N–H and O–H groups in total. The summed E-state index contributed by atoms with van der Waals surface area (Å²) >= 11 is 0. The maximum Gasteiger partial charge on any atom is 0.231 e. The number of nitrogens with one attached hydrogen (secondary N) is 1. The van der Waals surface area contributed by atoms with Gasteiger partial charge in [0.05, 0.1) is 12.0 Å². The molecule has 2 rings (SSSR count). The lowest BCUT2D eigenvalue weighted by atomic mass is 10.1. The third-order valence-electron chi connectivity index (χ3n) is 3.25. The van der Waals surface area contributed by atoms with Crippen LogP contribution in [0.3, 0.4) is 0 Å². The topological polar surface area (TPSA) is 64.3 Å². The van der Waals surface area contributed by atoms with E-state index in [1.54, 1.807) is 7.11 Å². The number of carbonyl (C=O) groups excluding carboxylic acids is 1. The zero-order valence-electron chi connectivity index (χ0n) is 10.0. The largest absolute Gasteiger partial charge is 0.380 e. The van der Waals surface area contributed by atoms with Crippen LogP contribution in [0.15, 0.2) is 24.3 Å². The molecule has 1 aromatic carbocycles. The van der Waals surface area contributed by atoms with Crippen LogP contribution in [0.4, 0.5) is 5.69 Å². The fraction of sp³-hybridized carbons (Fsp3) is 0.462. The highest BCUT2D eigenvalue weighted by Gasteiger charge is 2.48. The smallest absolute Gasteiger partial charge is 0.231 e. The van der Waals surface area contributed by atoms with Gasteiger partial charge in [-0.05, 0) is 30.5 Å². The Morgan fingerprint density at radius 3 is 2.53 bits per heavy atom. The quantitative estimate of drug-likeness (QED) is 0.811. The number of amides is 1. The summed E-state index contributed by atoms with van der Waals surface area (Å²) in [6.07, 6.45) is 1.80. The highest BCUT2D eigenvalue weighted by molar-refractivity contribution is 5.97. The molecule has 0 atom stereocenters. The van der Waals surface area contributed by atoms with E-state index in [-0.39, 0.29) is 11.3 Å². The van der Waals surface area contributed by atoms with Crippen LogP contribution in [0.2, 0.25) is 0 Å². The van der Waals surface area contributed by atoms with E-state index < -0.39 is 0 Å². The number of hydrogen-bond acceptors (Lipinski definition) is 3. The molecule has 1 aliphatic rings. The van der Waals surface area contributed by atoms with Gasteiger partial charge < -0.3 is 15.8 Å². The van der Waals surface area contributed by atoms with E-state index in [1.807, 2.05) is 24.3 Å². The Balaban J connectivity index is 1.97. The monoisotopic (exact) mass is 234 g/mol. The number of rotatable bonds is 5. The first-order chi connectivity index (χ1) is 8.20. The molecule has 4 nitrogen and oxygen atoms in total. The summed E-state index contributed by atoms with van der Waals surface area (Å²) in [7, 11) is 1.66. The first-order valence-corrected chi connectivity index (χ1v) is 5.79. The van der Waals surface area contributed by atoms with E-state index in [0.717, 1.165) is 24.1 Å². The molecule has 0 radical (unpaired) electrons. The van der Waals surface area contributed by atoms with E-state index in [0.29, 0.717) is 13.2 Å². The first-order valence-electron chi connectivity index (χ1n) is 5.79. The van der Waals surface area contributed by atoms with E-state index in [2.05, 4.69) is 5.32 Å². The molecule has 4 heteroatoms. The third kappa shape index (κ3) is 2.65. The second-order valence-corrected chi connectivity index (χ2v) is 4.57. The lowest BCUT2D eigenvalue weighted by molar-refractivity contribution is -0.120. The van der Waals surface area contributed by atoms with Crippen molar-refractivity contribution in [2.24, 2.45) is 11.1 Å². The molecule has 0 aromatic heterocycles. The molecule has 0 heterocycles. The first kappa shape index (κ1) is 12.1. The van der Waals surface area contributed by atoms with Crippen molar-refractivity contribution in [3.8, 4) is 0 Å². The minimum Gasteiger partial charge on any atom is -0.380 e. The van der Waals surface area contributed by atoms with Crippen molar-refractivity contribution < 1.29 is 9.53 Å². The van der Waals surface area contributed by atoms with E-state index >= 15 is 0 Å². The molecule has 0 saturated heterocycles. The van der Waals surface area contributed by atoms with Crippen LogP contribution in [-0.4, -0.2) is 19.6 Å². The van der Waals surface area contributed by atoms with Crippen LogP contribution < -0.4 is 11.1 Å². The summed E-state index contributed by atoms with van der Waals surface area (Å²) in [4.78, 5) is 11.9. The summed E-state index contributed by atoms with van der Waals surface area (Å²) < 4.78 is 5.03. The molecule has 0 unspecified atom stereocenters. The molecule has 1 fully saturated rings. The van der Waals surface area contributed by atoms with Crippen LogP contribution in [0.5, 0.6) is 0 Å². The second-order valence-electron chi connectivity index (χ2n) is 4.57. The molecular formula is C13H18N2O2. The zero-order chi connectivity index (χ0) is 12.3. The molecular weight excluding hydrogens is 216 g/mol. The van der Waals surface area contributed by atoms with Crippen LogP contribution in [-0.2, 0) is 16.1 Å². The van der Waals surface area contributed by atoms with Gasteiger partial charge in [-0.1, -0.05) is 12.1 Å². The van der Waals surface area contributed by atoms with Gasteiger partial charge in [-0.3, -0.25) is 4.79 Å². The highest BCUT2D eigenvalue weighted by Crippen LogP contribution is 2.45. The maximum absolute atomic E-state index is 11.9. The molecule has 92 valence electrons. The van der Waals surface area contributed by atoms with Gasteiger partial charge >= 0.3 is 0 Å². The maximum atomic E-state index is 11.9. The Morgan fingerprint density at radius 2 is 2.06 bits per heavy atom. The van der Waals surface area contributed by atoms with Gasteiger partial charge in [-0.25, -0.2) is 0 Å². The SMILES string of the molecule is COCc1ccc(NC(=O)C2(CN)CC2)cc1. The van der Waals surface area contributed by atoms with E-state index in [4.69, 9.17) is 10.5 Å². The van der Waals surface area contributed by atoms with Gasteiger partial charge in [-0.2, -0.15) is 0 Å². The van der Waals surface area contributed by atoms with Gasteiger partial charge in [0, 0.05) is 19.3 Å². The molecule has 1 amide bonds. The van der Waals surface area contributed by atoms with E-state index in [9.17, 15) is 4.79 Å². The van der Waals surface area contributed by atoms with Gasteiger partial charge in [0.1, 0.15) is 0 Å². The van der Waals surface area contributed by atoms with Crippen molar-refractivity contribution in [2.75, 3.05) is 19.0 Å². The van der Waals surface area contributed by atoms with Crippen LogP contribution in [0.25, 0.3) is 0 Å². The summed E-state index contributed by atoms with van der Waals surface area (Å²) in [5, 5.41) is 2.91. The summed E-state index contributed by atoms with van der Waals surface area (Å²) in [6, 6.07) is 7.67. The lowest BCUT2D eigenvalue weighted by Gasteiger charge is -2.13. The van der Waals surface area contributed by atoms with Crippen LogP contribution in [0, 0.1) is 5.41 Å². The summed E-state index contributed by atoms with van der Waals surface area (Å²) in [5.41, 5.74) is 7.21. The Hall–Kier alpha value is -1.39. The van der Waals surface area contributed by atoms with Crippen molar-refractivity contribution in [3.63, 3.8) is 0 Å². The van der Waals surface area contributed by atoms with Crippen molar-refractivity contribution in [1.29, 1.82) is 0 Å². The average molecular weight is 234 g/mol.